The van der Waals surface area contributed by atoms with E-state index in [4.69, 9.17) is 49.7 Å². The number of imide groups is 1. The second kappa shape index (κ2) is 13.1. The van der Waals surface area contributed by atoms with Crippen LogP contribution in [0.1, 0.15) is 48.5 Å². The monoisotopic (exact) mass is 623 g/mol. The van der Waals surface area contributed by atoms with Crippen LogP contribution in [0.2, 0.25) is 18.1 Å². The van der Waals surface area contributed by atoms with E-state index < -0.39 is 77.3 Å². The van der Waals surface area contributed by atoms with Crippen molar-refractivity contribution in [2.24, 2.45) is 11.7 Å². The number of nitrogens with two attached hydrogens (primary N) is 1. The van der Waals surface area contributed by atoms with Crippen molar-refractivity contribution in [3.05, 3.63) is 0 Å². The van der Waals surface area contributed by atoms with Crippen molar-refractivity contribution in [1.82, 2.24) is 10.2 Å². The lowest BCUT2D eigenvalue weighted by Gasteiger charge is -2.48. The van der Waals surface area contributed by atoms with Crippen LogP contribution in [-0.2, 0) is 23.5 Å². The minimum Gasteiger partial charge on any atom is -0.479 e. The number of thiol groups is 1. The number of aliphatic carboxylic acids is 1. The van der Waals surface area contributed by atoms with E-state index >= 15 is 0 Å². The van der Waals surface area contributed by atoms with Crippen molar-refractivity contribution >= 4 is 79.6 Å². The number of carboxylic acids is 1. The number of rotatable bonds is 10. The molecule has 0 aliphatic heterocycles. The normalized spacial score (nSPS) is 16.3. The molecule has 0 saturated heterocycles. The molecule has 4 N–H and O–H groups in total. The maximum absolute atomic E-state index is 13.6. The topological polar surface area (TPSA) is 148 Å². The van der Waals surface area contributed by atoms with Gasteiger partial charge < -0.3 is 25.3 Å². The fraction of sp³-hybridized carbons (Fsp3) is 0.818. The lowest BCUT2D eigenvalue weighted by Crippen LogP contribution is -2.72. The Bertz CT molecular complexity index is 860. The van der Waals surface area contributed by atoms with E-state index in [2.05, 4.69) is 17.9 Å². The van der Waals surface area contributed by atoms with E-state index in [1.54, 1.807) is 0 Å². The fourth-order valence-corrected chi connectivity index (χ4v) is 4.88. The number of hydrogen-bond acceptors (Lipinski definition) is 8. The van der Waals surface area contributed by atoms with Gasteiger partial charge in [0.2, 0.25) is 5.91 Å². The third-order valence-corrected chi connectivity index (χ3v) is 11.7. The van der Waals surface area contributed by atoms with Gasteiger partial charge in [0.1, 0.15) is 5.60 Å². The van der Waals surface area contributed by atoms with Crippen molar-refractivity contribution in [1.29, 1.82) is 0 Å². The lowest BCUT2D eigenvalue weighted by atomic mass is 9.82. The van der Waals surface area contributed by atoms with Gasteiger partial charge >= 0.3 is 12.1 Å². The number of amides is 3. The van der Waals surface area contributed by atoms with Crippen LogP contribution in [0.25, 0.3) is 0 Å². The van der Waals surface area contributed by atoms with Crippen LogP contribution in [0.5, 0.6) is 0 Å². The van der Waals surface area contributed by atoms with Crippen molar-refractivity contribution in [2.45, 2.75) is 87.6 Å². The average Bonchev–Trinajstić information content (AvgIpc) is 2.67. The Morgan fingerprint density at radius 1 is 1.08 bits per heavy atom. The van der Waals surface area contributed by atoms with Gasteiger partial charge in [-0.1, -0.05) is 55.6 Å². The Kier molecular flexibility index (Phi) is 12.8. The minimum atomic E-state index is -2.72. The zero-order valence-corrected chi connectivity index (χ0v) is 26.9. The third-order valence-electron chi connectivity index (χ3n) is 6.07. The standard InChI is InChI=1S/C22H40Cl3N3O7SSi/c1-13(29)27-10-15(22(23,24)25)21(17(31)32,12-34-37(8,9)20(5,6)7)28(16(30)14(26)11-36)18(33)35-19(2,3)4/h14-15,36H,10-12,26H2,1-9H3,(H,27,29)(H,31,32)/t14?,15?,21-/m1/s1. The summed E-state index contributed by atoms with van der Waals surface area (Å²) in [5, 5.41) is 12.8. The van der Waals surface area contributed by atoms with E-state index in [-0.39, 0.29) is 5.75 Å². The molecule has 0 aliphatic carbocycles. The summed E-state index contributed by atoms with van der Waals surface area (Å²) in [7, 11) is -2.72. The summed E-state index contributed by atoms with van der Waals surface area (Å²) in [5.74, 6) is -5.35. The summed E-state index contributed by atoms with van der Waals surface area (Å²) >= 11 is 22.9. The summed E-state index contributed by atoms with van der Waals surface area (Å²) in [4.78, 5) is 52.5. The molecule has 0 aromatic carbocycles. The molecule has 0 aromatic heterocycles. The van der Waals surface area contributed by atoms with Crippen LogP contribution >= 0.6 is 47.4 Å². The summed E-state index contributed by atoms with van der Waals surface area (Å²) in [5.41, 5.74) is 2.13. The zero-order valence-electron chi connectivity index (χ0n) is 22.8. The molecule has 216 valence electrons. The quantitative estimate of drug-likeness (QED) is 0.162. The summed E-state index contributed by atoms with van der Waals surface area (Å²) in [6.07, 6.45) is -1.34. The van der Waals surface area contributed by atoms with Crippen molar-refractivity contribution < 1.29 is 33.4 Å². The maximum atomic E-state index is 13.6. The van der Waals surface area contributed by atoms with Gasteiger partial charge in [0.05, 0.1) is 18.6 Å². The highest BCUT2D eigenvalue weighted by Crippen LogP contribution is 2.46. The first kappa shape index (κ1) is 36.2. The Morgan fingerprint density at radius 2 is 1.57 bits per heavy atom. The van der Waals surface area contributed by atoms with Gasteiger partial charge in [-0.05, 0) is 38.9 Å². The van der Waals surface area contributed by atoms with Gasteiger partial charge in [0, 0.05) is 19.2 Å². The Hall–Kier alpha value is -0.763. The van der Waals surface area contributed by atoms with Gasteiger partial charge in [-0.15, -0.1) is 0 Å². The second-order valence-corrected chi connectivity index (χ2v) is 18.8. The van der Waals surface area contributed by atoms with Gasteiger partial charge in [0.15, 0.2) is 17.6 Å². The SMILES string of the molecule is CC(=O)NCC(C(Cl)(Cl)Cl)[C@](CO[Si](C)(C)C(C)(C)C)(C(=O)O)N(C(=O)OC(C)(C)C)C(=O)C(N)CS. The van der Waals surface area contributed by atoms with Crippen LogP contribution in [0, 0.1) is 5.92 Å². The number of carbonyl (C=O) groups is 4. The van der Waals surface area contributed by atoms with E-state index in [9.17, 15) is 24.3 Å². The fourth-order valence-electron chi connectivity index (χ4n) is 2.94. The molecule has 0 fully saturated rings. The van der Waals surface area contributed by atoms with Crippen molar-refractivity contribution in [2.75, 3.05) is 18.9 Å². The van der Waals surface area contributed by atoms with E-state index in [0.717, 1.165) is 0 Å². The molecule has 15 heteroatoms. The van der Waals surface area contributed by atoms with Crippen LogP contribution in [-0.4, -0.2) is 82.1 Å². The summed E-state index contributed by atoms with van der Waals surface area (Å²) in [6, 6.07) is -1.42. The Morgan fingerprint density at radius 3 is 1.89 bits per heavy atom. The number of hydrogen-bond donors (Lipinski definition) is 4. The number of carboxylic acid groups (broad SMARTS) is 1. The third kappa shape index (κ3) is 9.73. The zero-order chi connectivity index (χ0) is 29.8. The van der Waals surface area contributed by atoms with E-state index in [0.29, 0.717) is 4.90 Å². The molecule has 0 aromatic rings. The summed E-state index contributed by atoms with van der Waals surface area (Å²) < 4.78 is 9.24. The molecule has 3 amide bonds. The highest BCUT2D eigenvalue weighted by molar-refractivity contribution is 7.80. The number of alkyl halides is 3. The van der Waals surface area contributed by atoms with Gasteiger partial charge in [-0.3, -0.25) is 9.59 Å². The molecule has 0 bridgehead atoms. The molecule has 0 heterocycles. The van der Waals surface area contributed by atoms with Crippen LogP contribution in [0.3, 0.4) is 0 Å². The molecule has 0 rings (SSSR count). The first-order valence-corrected chi connectivity index (χ1v) is 16.1. The smallest absolute Gasteiger partial charge is 0.418 e. The first-order valence-electron chi connectivity index (χ1n) is 11.5. The predicted molar refractivity (Wildman–Crippen MR) is 151 cm³/mol. The molecule has 0 spiro atoms. The average molecular weight is 625 g/mol. The number of nitrogens with one attached hydrogen (secondary N) is 1. The van der Waals surface area contributed by atoms with E-state index in [1.165, 1.54) is 27.7 Å². The first-order chi connectivity index (χ1) is 16.3. The molecule has 3 atom stereocenters. The second-order valence-electron chi connectivity index (χ2n) is 11.3. The number of nitrogens with zero attached hydrogens (tertiary/aromatic N) is 1. The maximum Gasteiger partial charge on any atom is 0.418 e. The molecule has 0 radical (unpaired) electrons. The van der Waals surface area contributed by atoms with Gasteiger partial charge in [-0.2, -0.15) is 12.6 Å². The summed E-state index contributed by atoms with van der Waals surface area (Å²) in [6.45, 7) is 13.9. The largest absolute Gasteiger partial charge is 0.479 e. The molecule has 37 heavy (non-hydrogen) atoms. The number of halogens is 3. The molecular weight excluding hydrogens is 585 g/mol. The minimum absolute atomic E-state index is 0.235. The van der Waals surface area contributed by atoms with Gasteiger partial charge in [0.25, 0.3) is 5.91 Å². The number of ether oxygens (including phenoxy) is 1. The van der Waals surface area contributed by atoms with Crippen molar-refractivity contribution in [3.8, 4) is 0 Å². The molecule has 0 saturated carbocycles. The highest BCUT2D eigenvalue weighted by atomic mass is 35.6. The Balaban J connectivity index is 7.53. The van der Waals surface area contributed by atoms with Crippen LogP contribution in [0.4, 0.5) is 4.79 Å². The molecule has 0 aliphatic rings. The lowest BCUT2D eigenvalue weighted by molar-refractivity contribution is -0.166. The molecular formula is C22H40Cl3N3O7SSi. The number of carbonyl (C=O) groups excluding carboxylic acids is 3. The van der Waals surface area contributed by atoms with Crippen LogP contribution in [0.15, 0.2) is 0 Å². The highest BCUT2D eigenvalue weighted by Gasteiger charge is 2.63. The van der Waals surface area contributed by atoms with Crippen LogP contribution < -0.4 is 11.1 Å². The Labute approximate surface area is 240 Å². The van der Waals surface area contributed by atoms with Gasteiger partial charge in [-0.25, -0.2) is 14.5 Å². The molecule has 10 nitrogen and oxygen atoms in total. The van der Waals surface area contributed by atoms with Crippen molar-refractivity contribution in [3.63, 3.8) is 0 Å². The predicted octanol–water partition coefficient (Wildman–Crippen LogP) is 3.97. The van der Waals surface area contributed by atoms with E-state index in [1.807, 2.05) is 33.9 Å². The molecule has 2 unspecified atom stereocenters.